The van der Waals surface area contributed by atoms with E-state index in [1.54, 1.807) is 11.6 Å². The summed E-state index contributed by atoms with van der Waals surface area (Å²) in [6.07, 6.45) is 4.54. The standard InChI is InChI=1S/C12H15ClN2O3/c1-7(16)8-2-4-9(5-3-8)15-11(13)10(6-14-15)12(17)18/h6,8-9H,2-5H2,1H3,(H,17,18)/t8-,9-. The third kappa shape index (κ3) is 2.41. The summed E-state index contributed by atoms with van der Waals surface area (Å²) in [5.74, 6) is -0.704. The van der Waals surface area contributed by atoms with Crippen molar-refractivity contribution in [2.75, 3.05) is 0 Å². The largest absolute Gasteiger partial charge is 0.478 e. The van der Waals surface area contributed by atoms with Crippen LogP contribution in [0.4, 0.5) is 0 Å². The average Bonchev–Trinajstić information content (AvgIpc) is 2.71. The van der Waals surface area contributed by atoms with Gasteiger partial charge in [0, 0.05) is 5.92 Å². The second-order valence-electron chi connectivity index (χ2n) is 4.71. The molecule has 0 aliphatic heterocycles. The second-order valence-corrected chi connectivity index (χ2v) is 5.07. The molecule has 5 nitrogen and oxygen atoms in total. The van der Waals surface area contributed by atoms with Gasteiger partial charge < -0.3 is 5.11 Å². The summed E-state index contributed by atoms with van der Waals surface area (Å²) in [7, 11) is 0. The number of carbonyl (C=O) groups is 2. The Bertz CT molecular complexity index is 476. The summed E-state index contributed by atoms with van der Waals surface area (Å²) in [6, 6.07) is 0.0983. The summed E-state index contributed by atoms with van der Waals surface area (Å²) < 4.78 is 1.57. The van der Waals surface area contributed by atoms with Crippen LogP contribution in [0.1, 0.15) is 49.0 Å². The Morgan fingerprint density at radius 2 is 2.00 bits per heavy atom. The highest BCUT2D eigenvalue weighted by Gasteiger charge is 2.27. The zero-order valence-electron chi connectivity index (χ0n) is 10.1. The Morgan fingerprint density at radius 1 is 1.39 bits per heavy atom. The molecule has 1 aromatic rings. The topological polar surface area (TPSA) is 72.2 Å². The number of Topliss-reactive ketones (excluding diaryl/α,β-unsaturated/α-hetero) is 1. The van der Waals surface area contributed by atoms with Crippen LogP contribution in [0, 0.1) is 5.92 Å². The number of aromatic carboxylic acids is 1. The average molecular weight is 271 g/mol. The van der Waals surface area contributed by atoms with Crippen LogP contribution < -0.4 is 0 Å². The third-order valence-corrected chi connectivity index (χ3v) is 3.96. The number of hydrogen-bond acceptors (Lipinski definition) is 3. The fourth-order valence-corrected chi connectivity index (χ4v) is 2.78. The monoisotopic (exact) mass is 270 g/mol. The van der Waals surface area contributed by atoms with Gasteiger partial charge in [-0.3, -0.25) is 9.48 Å². The van der Waals surface area contributed by atoms with Gasteiger partial charge in [0.15, 0.2) is 0 Å². The summed E-state index contributed by atoms with van der Waals surface area (Å²) in [5, 5.41) is 13.1. The minimum Gasteiger partial charge on any atom is -0.478 e. The van der Waals surface area contributed by atoms with E-state index in [0.717, 1.165) is 25.7 Å². The molecule has 1 aliphatic rings. The first-order chi connectivity index (χ1) is 8.50. The van der Waals surface area contributed by atoms with Gasteiger partial charge in [-0.1, -0.05) is 11.6 Å². The maximum atomic E-state index is 11.3. The van der Waals surface area contributed by atoms with Crippen molar-refractivity contribution in [1.29, 1.82) is 0 Å². The van der Waals surface area contributed by atoms with E-state index in [2.05, 4.69) is 5.10 Å². The highest BCUT2D eigenvalue weighted by atomic mass is 35.5. The van der Waals surface area contributed by atoms with E-state index in [4.69, 9.17) is 16.7 Å². The lowest BCUT2D eigenvalue weighted by molar-refractivity contribution is -0.121. The first-order valence-electron chi connectivity index (χ1n) is 5.97. The van der Waals surface area contributed by atoms with Crippen molar-refractivity contribution in [3.63, 3.8) is 0 Å². The van der Waals surface area contributed by atoms with Gasteiger partial charge in [-0.05, 0) is 32.6 Å². The molecular formula is C12H15ClN2O3. The van der Waals surface area contributed by atoms with Crippen molar-refractivity contribution in [1.82, 2.24) is 9.78 Å². The Hall–Kier alpha value is -1.36. The lowest BCUT2D eigenvalue weighted by atomic mass is 9.84. The first-order valence-corrected chi connectivity index (χ1v) is 6.35. The molecule has 0 aromatic carbocycles. The van der Waals surface area contributed by atoms with Crippen LogP contribution in [0.2, 0.25) is 5.15 Å². The molecule has 0 saturated heterocycles. The van der Waals surface area contributed by atoms with Gasteiger partial charge in [-0.2, -0.15) is 5.10 Å². The molecule has 2 rings (SSSR count). The van der Waals surface area contributed by atoms with E-state index in [0.29, 0.717) is 0 Å². The number of nitrogens with zero attached hydrogens (tertiary/aromatic N) is 2. The zero-order valence-corrected chi connectivity index (χ0v) is 10.9. The number of halogens is 1. The Labute approximate surface area is 110 Å². The highest BCUT2D eigenvalue weighted by molar-refractivity contribution is 6.32. The van der Waals surface area contributed by atoms with Gasteiger partial charge in [-0.15, -0.1) is 0 Å². The van der Waals surface area contributed by atoms with Crippen LogP contribution in [0.5, 0.6) is 0 Å². The Kier molecular flexibility index (Phi) is 3.71. The minimum absolute atomic E-state index is 0.0327. The number of carbonyl (C=O) groups excluding carboxylic acids is 1. The number of rotatable bonds is 3. The van der Waals surface area contributed by atoms with Crippen LogP contribution in [0.3, 0.4) is 0 Å². The van der Waals surface area contributed by atoms with E-state index in [9.17, 15) is 9.59 Å². The van der Waals surface area contributed by atoms with Crippen LogP contribution in [-0.2, 0) is 4.79 Å². The fourth-order valence-electron chi connectivity index (χ4n) is 2.47. The van der Waals surface area contributed by atoms with Crippen LogP contribution >= 0.6 is 11.6 Å². The maximum Gasteiger partial charge on any atom is 0.340 e. The minimum atomic E-state index is -1.07. The molecule has 1 fully saturated rings. The van der Waals surface area contributed by atoms with Crippen molar-refractivity contribution in [3.8, 4) is 0 Å². The summed E-state index contributed by atoms with van der Waals surface area (Å²) in [4.78, 5) is 22.2. The fraction of sp³-hybridized carbons (Fsp3) is 0.583. The third-order valence-electron chi connectivity index (χ3n) is 3.58. The molecule has 1 aliphatic carbocycles. The number of carboxylic acid groups (broad SMARTS) is 1. The zero-order chi connectivity index (χ0) is 13.3. The normalized spacial score (nSPS) is 23.9. The molecular weight excluding hydrogens is 256 g/mol. The summed E-state index contributed by atoms with van der Waals surface area (Å²) in [6.45, 7) is 1.62. The Balaban J connectivity index is 2.10. The highest BCUT2D eigenvalue weighted by Crippen LogP contribution is 2.34. The molecule has 6 heteroatoms. The molecule has 0 radical (unpaired) electrons. The molecule has 18 heavy (non-hydrogen) atoms. The quantitative estimate of drug-likeness (QED) is 0.916. The van der Waals surface area contributed by atoms with Crippen molar-refractivity contribution < 1.29 is 14.7 Å². The van der Waals surface area contributed by atoms with Gasteiger partial charge in [0.1, 0.15) is 16.5 Å². The first kappa shape index (κ1) is 13.1. The number of ketones is 1. The van der Waals surface area contributed by atoms with Gasteiger partial charge in [0.2, 0.25) is 0 Å². The number of carboxylic acids is 1. The van der Waals surface area contributed by atoms with Crippen molar-refractivity contribution >= 4 is 23.4 Å². The molecule has 1 aromatic heterocycles. The Morgan fingerprint density at radius 3 is 2.44 bits per heavy atom. The van der Waals surface area contributed by atoms with E-state index in [1.807, 2.05) is 0 Å². The van der Waals surface area contributed by atoms with Crippen LogP contribution in [0.15, 0.2) is 6.20 Å². The van der Waals surface area contributed by atoms with Gasteiger partial charge in [-0.25, -0.2) is 4.79 Å². The van der Waals surface area contributed by atoms with Crippen molar-refractivity contribution in [3.05, 3.63) is 16.9 Å². The summed E-state index contributed by atoms with van der Waals surface area (Å²) >= 11 is 6.00. The van der Waals surface area contributed by atoms with E-state index < -0.39 is 5.97 Å². The molecule has 0 amide bonds. The van der Waals surface area contributed by atoms with Crippen molar-refractivity contribution in [2.45, 2.75) is 38.6 Å². The van der Waals surface area contributed by atoms with Gasteiger partial charge >= 0.3 is 5.97 Å². The van der Waals surface area contributed by atoms with Gasteiger partial charge in [0.25, 0.3) is 0 Å². The molecule has 0 unspecified atom stereocenters. The lowest BCUT2D eigenvalue weighted by Gasteiger charge is -2.27. The smallest absolute Gasteiger partial charge is 0.340 e. The predicted octanol–water partition coefficient (Wildman–Crippen LogP) is 2.56. The summed E-state index contributed by atoms with van der Waals surface area (Å²) in [5.41, 5.74) is 0.0327. The maximum absolute atomic E-state index is 11.3. The van der Waals surface area contributed by atoms with E-state index in [-0.39, 0.29) is 28.5 Å². The number of hydrogen-bond donors (Lipinski definition) is 1. The molecule has 1 heterocycles. The molecule has 1 saturated carbocycles. The van der Waals surface area contributed by atoms with E-state index in [1.165, 1.54) is 6.20 Å². The molecule has 0 atom stereocenters. The second kappa shape index (κ2) is 5.10. The molecule has 98 valence electrons. The lowest BCUT2D eigenvalue weighted by Crippen LogP contribution is -2.22. The number of aromatic nitrogens is 2. The molecule has 1 N–H and O–H groups in total. The van der Waals surface area contributed by atoms with Crippen LogP contribution in [-0.4, -0.2) is 26.6 Å². The van der Waals surface area contributed by atoms with Crippen molar-refractivity contribution in [2.24, 2.45) is 5.92 Å². The van der Waals surface area contributed by atoms with E-state index >= 15 is 0 Å². The van der Waals surface area contributed by atoms with Gasteiger partial charge in [0.05, 0.1) is 12.2 Å². The SMILES string of the molecule is CC(=O)[C@H]1CC[C@H](n2ncc(C(=O)O)c2Cl)CC1. The van der Waals surface area contributed by atoms with Crippen LogP contribution in [0.25, 0.3) is 0 Å². The molecule has 0 bridgehead atoms. The predicted molar refractivity (Wildman–Crippen MR) is 65.9 cm³/mol. The molecule has 0 spiro atoms.